The first-order chi connectivity index (χ1) is 13.1. The number of carboxylic acids is 1. The molecule has 1 N–H and O–H groups in total. The van der Waals surface area contributed by atoms with Crippen LogP contribution in [0.1, 0.15) is 10.4 Å². The Bertz CT molecular complexity index is 1130. The highest BCUT2D eigenvalue weighted by Gasteiger charge is 2.11. The summed E-state index contributed by atoms with van der Waals surface area (Å²) in [6.45, 7) is 0. The number of hydrogen-bond donors (Lipinski definition) is 1. The number of hydrogen-bond acceptors (Lipinski definition) is 5. The van der Waals surface area contributed by atoms with Gasteiger partial charge in [0, 0.05) is 21.7 Å². The van der Waals surface area contributed by atoms with E-state index in [1.807, 2.05) is 42.5 Å². The van der Waals surface area contributed by atoms with Crippen molar-refractivity contribution in [3.63, 3.8) is 0 Å². The van der Waals surface area contributed by atoms with E-state index in [1.165, 1.54) is 12.1 Å². The summed E-state index contributed by atoms with van der Waals surface area (Å²) in [6, 6.07) is 21.5. The average Bonchev–Trinajstić information content (AvgIpc) is 2.69. The predicted molar refractivity (Wildman–Crippen MR) is 104 cm³/mol. The Hall–Kier alpha value is -3.44. The molecular weight excluding hydrogens is 362 g/mol. The van der Waals surface area contributed by atoms with Gasteiger partial charge in [0.05, 0.1) is 17.2 Å². The molecule has 0 saturated carbocycles. The molecule has 0 amide bonds. The van der Waals surface area contributed by atoms with Gasteiger partial charge in [-0.1, -0.05) is 54.1 Å². The number of carbonyl (C=O) groups excluding carboxylic acids is 1. The first kappa shape index (κ1) is 17.0. The number of benzene rings is 3. The van der Waals surface area contributed by atoms with E-state index in [9.17, 15) is 9.90 Å². The molecule has 0 aliphatic heterocycles. The predicted octanol–water partition coefficient (Wildman–Crippen LogP) is 4.06. The highest BCUT2D eigenvalue weighted by molar-refractivity contribution is 6.31. The zero-order chi connectivity index (χ0) is 18.8. The van der Waals surface area contributed by atoms with Crippen molar-refractivity contribution in [2.24, 2.45) is 0 Å². The summed E-state index contributed by atoms with van der Waals surface area (Å²) >= 11 is 6.16. The Morgan fingerprint density at radius 1 is 0.926 bits per heavy atom. The minimum absolute atomic E-state index is 0.111. The van der Waals surface area contributed by atoms with Crippen LogP contribution >= 0.6 is 11.6 Å². The number of halogens is 1. The van der Waals surface area contributed by atoms with Crippen LogP contribution in [0.3, 0.4) is 0 Å². The van der Waals surface area contributed by atoms with Gasteiger partial charge >= 0.3 is 0 Å². The Kier molecular flexibility index (Phi) is 4.44. The van der Waals surface area contributed by atoms with Gasteiger partial charge in [0.25, 0.3) is 0 Å². The minimum atomic E-state index is -1.22. The largest absolute Gasteiger partial charge is 0.545 e. The lowest BCUT2D eigenvalue weighted by molar-refractivity contribution is -0.255. The molecule has 0 radical (unpaired) electrons. The average molecular weight is 375 g/mol. The maximum absolute atomic E-state index is 10.9. The van der Waals surface area contributed by atoms with Crippen LogP contribution in [0.4, 0.5) is 11.6 Å². The number of rotatable bonds is 4. The van der Waals surface area contributed by atoms with Crippen LogP contribution in [0.25, 0.3) is 22.2 Å². The topological polar surface area (TPSA) is 77.9 Å². The third kappa shape index (κ3) is 3.59. The number of aromatic carboxylic acids is 1. The molecule has 0 unspecified atom stereocenters. The standard InChI is InChI=1S/C21H14ClN3O2/c22-15-8-11-18-17(12-15)19(13-4-2-1-3-5-13)25-21(24-18)23-16-9-6-14(7-10-16)20(26)27/h1-12H,(H,26,27)(H,23,24,25)/p-1. The summed E-state index contributed by atoms with van der Waals surface area (Å²) in [5, 5.41) is 15.5. The molecule has 6 heteroatoms. The van der Waals surface area contributed by atoms with Crippen LogP contribution < -0.4 is 10.4 Å². The lowest BCUT2D eigenvalue weighted by Crippen LogP contribution is -2.21. The quantitative estimate of drug-likeness (QED) is 0.583. The summed E-state index contributed by atoms with van der Waals surface area (Å²) in [5.74, 6) is -0.809. The van der Waals surface area contributed by atoms with Crippen molar-refractivity contribution in [2.45, 2.75) is 0 Å². The van der Waals surface area contributed by atoms with E-state index in [2.05, 4.69) is 15.3 Å². The normalized spacial score (nSPS) is 10.7. The molecular formula is C21H13ClN3O2-. The molecule has 0 saturated heterocycles. The monoisotopic (exact) mass is 374 g/mol. The summed E-state index contributed by atoms with van der Waals surface area (Å²) in [4.78, 5) is 20.1. The molecule has 0 fully saturated rings. The Labute approximate surface area is 160 Å². The van der Waals surface area contributed by atoms with Crippen molar-refractivity contribution < 1.29 is 9.90 Å². The van der Waals surface area contributed by atoms with Crippen molar-refractivity contribution in [3.8, 4) is 11.3 Å². The smallest absolute Gasteiger partial charge is 0.228 e. The number of fused-ring (bicyclic) bond motifs is 1. The zero-order valence-electron chi connectivity index (χ0n) is 14.0. The van der Waals surface area contributed by atoms with E-state index < -0.39 is 5.97 Å². The number of nitrogens with one attached hydrogen (secondary N) is 1. The number of aromatic nitrogens is 2. The number of anilines is 2. The summed E-state index contributed by atoms with van der Waals surface area (Å²) in [5.41, 5.74) is 3.24. The van der Waals surface area contributed by atoms with Gasteiger partial charge < -0.3 is 15.2 Å². The van der Waals surface area contributed by atoms with Crippen LogP contribution in [0.5, 0.6) is 0 Å². The maximum Gasteiger partial charge on any atom is 0.228 e. The van der Waals surface area contributed by atoms with Gasteiger partial charge in [-0.25, -0.2) is 9.97 Å². The molecule has 4 rings (SSSR count). The molecule has 0 atom stereocenters. The van der Waals surface area contributed by atoms with Crippen molar-refractivity contribution in [2.75, 3.05) is 5.32 Å². The van der Waals surface area contributed by atoms with Crippen LogP contribution in [0, 0.1) is 0 Å². The first-order valence-corrected chi connectivity index (χ1v) is 8.59. The van der Waals surface area contributed by atoms with Crippen molar-refractivity contribution in [1.29, 1.82) is 0 Å². The van der Waals surface area contributed by atoms with Crippen LogP contribution in [0.2, 0.25) is 5.02 Å². The number of nitrogens with zero attached hydrogens (tertiary/aromatic N) is 2. The van der Waals surface area contributed by atoms with Gasteiger partial charge in [0.15, 0.2) is 0 Å². The highest BCUT2D eigenvalue weighted by Crippen LogP contribution is 2.30. The summed E-state index contributed by atoms with van der Waals surface area (Å²) in [7, 11) is 0. The Morgan fingerprint density at radius 2 is 1.67 bits per heavy atom. The Balaban J connectivity index is 1.79. The molecule has 0 aliphatic carbocycles. The van der Waals surface area contributed by atoms with Crippen LogP contribution in [0.15, 0.2) is 72.8 Å². The number of carbonyl (C=O) groups is 1. The lowest BCUT2D eigenvalue weighted by Gasteiger charge is -2.11. The fourth-order valence-electron chi connectivity index (χ4n) is 2.79. The van der Waals surface area contributed by atoms with Crippen LogP contribution in [-0.4, -0.2) is 15.9 Å². The van der Waals surface area contributed by atoms with Gasteiger partial charge in [-0.2, -0.15) is 0 Å². The molecule has 5 nitrogen and oxygen atoms in total. The van der Waals surface area contributed by atoms with Gasteiger partial charge in [-0.3, -0.25) is 0 Å². The molecule has 132 valence electrons. The second-order valence-electron chi connectivity index (χ2n) is 5.91. The molecule has 1 heterocycles. The van der Waals surface area contributed by atoms with Gasteiger partial charge in [0.1, 0.15) is 0 Å². The van der Waals surface area contributed by atoms with E-state index in [0.717, 1.165) is 22.2 Å². The maximum atomic E-state index is 10.9. The SMILES string of the molecule is O=C([O-])c1ccc(Nc2nc(-c3ccccc3)c3cc(Cl)ccc3n2)cc1. The van der Waals surface area contributed by atoms with Gasteiger partial charge in [-0.15, -0.1) is 0 Å². The van der Waals surface area contributed by atoms with E-state index >= 15 is 0 Å². The first-order valence-electron chi connectivity index (χ1n) is 8.21. The van der Waals surface area contributed by atoms with E-state index in [4.69, 9.17) is 11.6 Å². The van der Waals surface area contributed by atoms with Crippen LogP contribution in [-0.2, 0) is 0 Å². The third-order valence-corrected chi connectivity index (χ3v) is 4.32. The second kappa shape index (κ2) is 7.05. The molecule has 4 aromatic rings. The summed E-state index contributed by atoms with van der Waals surface area (Å²) < 4.78 is 0. The fourth-order valence-corrected chi connectivity index (χ4v) is 2.96. The van der Waals surface area contributed by atoms with Crippen molar-refractivity contribution in [1.82, 2.24) is 9.97 Å². The van der Waals surface area contributed by atoms with Crippen molar-refractivity contribution >= 4 is 40.1 Å². The van der Waals surface area contributed by atoms with Crippen molar-refractivity contribution in [3.05, 3.63) is 83.4 Å². The van der Waals surface area contributed by atoms with E-state index in [-0.39, 0.29) is 5.56 Å². The molecule has 0 spiro atoms. The fraction of sp³-hybridized carbons (Fsp3) is 0. The third-order valence-electron chi connectivity index (χ3n) is 4.08. The highest BCUT2D eigenvalue weighted by atomic mass is 35.5. The molecule has 0 aliphatic rings. The lowest BCUT2D eigenvalue weighted by atomic mass is 10.1. The zero-order valence-corrected chi connectivity index (χ0v) is 14.8. The summed E-state index contributed by atoms with van der Waals surface area (Å²) in [6.07, 6.45) is 0. The van der Waals surface area contributed by atoms with E-state index in [1.54, 1.807) is 18.2 Å². The van der Waals surface area contributed by atoms with E-state index in [0.29, 0.717) is 16.7 Å². The molecule has 3 aromatic carbocycles. The minimum Gasteiger partial charge on any atom is -0.545 e. The Morgan fingerprint density at radius 3 is 2.37 bits per heavy atom. The second-order valence-corrected chi connectivity index (χ2v) is 6.35. The molecule has 27 heavy (non-hydrogen) atoms. The molecule has 1 aromatic heterocycles. The molecule has 0 bridgehead atoms. The number of carboxylic acid groups (broad SMARTS) is 1. The van der Waals surface area contributed by atoms with Gasteiger partial charge in [0.2, 0.25) is 5.95 Å². The van der Waals surface area contributed by atoms with Gasteiger partial charge in [-0.05, 0) is 35.9 Å².